The van der Waals surface area contributed by atoms with Crippen LogP contribution < -0.4 is 0 Å². The minimum atomic E-state index is -0.237. The highest BCUT2D eigenvalue weighted by Gasteiger charge is 2.61. The van der Waals surface area contributed by atoms with Crippen molar-refractivity contribution in [1.29, 1.82) is 0 Å². The van der Waals surface area contributed by atoms with Crippen LogP contribution in [0.3, 0.4) is 0 Å². The summed E-state index contributed by atoms with van der Waals surface area (Å²) < 4.78 is 0. The van der Waals surface area contributed by atoms with Crippen LogP contribution in [-0.4, -0.2) is 47.8 Å². The molecule has 29 heavy (non-hydrogen) atoms. The van der Waals surface area contributed by atoms with Gasteiger partial charge in [0.05, 0.1) is 11.8 Å². The lowest BCUT2D eigenvalue weighted by atomic mass is 9.55. The second-order valence-electron chi connectivity index (χ2n) is 9.00. The third-order valence-electron chi connectivity index (χ3n) is 7.63. The lowest BCUT2D eigenvalue weighted by molar-refractivity contribution is -0.140. The molecule has 0 radical (unpaired) electrons. The van der Waals surface area contributed by atoms with Crippen molar-refractivity contribution in [2.24, 2.45) is 11.8 Å². The minimum absolute atomic E-state index is 0.00818. The molecule has 0 N–H and O–H groups in total. The fourth-order valence-electron chi connectivity index (χ4n) is 6.38. The molecule has 0 aromatic heterocycles. The van der Waals surface area contributed by atoms with Crippen molar-refractivity contribution >= 4 is 11.8 Å². The van der Waals surface area contributed by atoms with Gasteiger partial charge in [0.2, 0.25) is 11.8 Å². The largest absolute Gasteiger partial charge is 0.302 e. The lowest BCUT2D eigenvalue weighted by Gasteiger charge is -2.45. The summed E-state index contributed by atoms with van der Waals surface area (Å²) >= 11 is 0. The van der Waals surface area contributed by atoms with Gasteiger partial charge >= 0.3 is 0 Å². The van der Waals surface area contributed by atoms with Crippen molar-refractivity contribution in [2.75, 3.05) is 26.2 Å². The first-order valence-electron chi connectivity index (χ1n) is 11.0. The topological polar surface area (TPSA) is 40.6 Å². The number of amides is 2. The van der Waals surface area contributed by atoms with Gasteiger partial charge in [0.25, 0.3) is 0 Å². The molecule has 2 saturated heterocycles. The van der Waals surface area contributed by atoms with E-state index >= 15 is 0 Å². The van der Waals surface area contributed by atoms with Crippen LogP contribution in [0.2, 0.25) is 0 Å². The zero-order valence-corrected chi connectivity index (χ0v) is 16.6. The summed E-state index contributed by atoms with van der Waals surface area (Å²) in [6.07, 6.45) is 3.74. The number of rotatable bonds is 3. The van der Waals surface area contributed by atoms with Crippen molar-refractivity contribution in [3.8, 4) is 0 Å². The van der Waals surface area contributed by atoms with E-state index in [2.05, 4.69) is 53.4 Å². The molecule has 4 nitrogen and oxygen atoms in total. The smallest absolute Gasteiger partial charge is 0.234 e. The Kier molecular flexibility index (Phi) is 3.92. The zero-order chi connectivity index (χ0) is 19.5. The molecule has 0 saturated carbocycles. The first-order chi connectivity index (χ1) is 14.3. The van der Waals surface area contributed by atoms with E-state index in [1.165, 1.54) is 41.5 Å². The van der Waals surface area contributed by atoms with E-state index in [0.29, 0.717) is 6.54 Å². The Hall–Kier alpha value is -2.46. The highest BCUT2D eigenvalue weighted by atomic mass is 16.2. The average Bonchev–Trinajstić information content (AvgIpc) is 3.03. The molecule has 7 rings (SSSR count). The van der Waals surface area contributed by atoms with Crippen molar-refractivity contribution < 1.29 is 9.59 Å². The summed E-state index contributed by atoms with van der Waals surface area (Å²) in [7, 11) is 0. The molecule has 2 fully saturated rings. The Labute approximate surface area is 171 Å². The third kappa shape index (κ3) is 2.42. The predicted molar refractivity (Wildman–Crippen MR) is 111 cm³/mol. The molecular formula is C25H26N2O2. The van der Waals surface area contributed by atoms with E-state index < -0.39 is 0 Å². The Balaban J connectivity index is 1.37. The van der Waals surface area contributed by atoms with E-state index in [1.807, 2.05) is 0 Å². The fourth-order valence-corrected chi connectivity index (χ4v) is 6.38. The van der Waals surface area contributed by atoms with Gasteiger partial charge in [-0.25, -0.2) is 0 Å². The second-order valence-corrected chi connectivity index (χ2v) is 9.00. The van der Waals surface area contributed by atoms with Gasteiger partial charge in [0.1, 0.15) is 0 Å². The molecule has 4 heteroatoms. The molecule has 2 aromatic carbocycles. The summed E-state index contributed by atoms with van der Waals surface area (Å²) in [5.41, 5.74) is 4.99. The third-order valence-corrected chi connectivity index (χ3v) is 7.63. The van der Waals surface area contributed by atoms with Crippen LogP contribution in [-0.2, 0) is 9.59 Å². The summed E-state index contributed by atoms with van der Waals surface area (Å²) in [4.78, 5) is 31.0. The summed E-state index contributed by atoms with van der Waals surface area (Å²) in [6, 6.07) is 16.9. The number of imide groups is 1. The average molecular weight is 386 g/mol. The number of carbonyl (C=O) groups is 2. The Morgan fingerprint density at radius 1 is 0.655 bits per heavy atom. The molecule has 0 spiro atoms. The lowest BCUT2D eigenvalue weighted by Crippen LogP contribution is -2.41. The van der Waals surface area contributed by atoms with Crippen LogP contribution in [0, 0.1) is 11.8 Å². The summed E-state index contributed by atoms with van der Waals surface area (Å²) in [5.74, 6) is -0.355. The number of hydrogen-bond acceptors (Lipinski definition) is 3. The maximum atomic E-state index is 13.5. The number of carbonyl (C=O) groups excluding carboxylic acids is 2. The molecule has 2 aliphatic heterocycles. The monoisotopic (exact) mass is 386 g/mol. The van der Waals surface area contributed by atoms with Gasteiger partial charge in [-0.3, -0.25) is 14.5 Å². The van der Waals surface area contributed by atoms with Gasteiger partial charge in [0, 0.05) is 24.9 Å². The number of piperidine rings is 1. The van der Waals surface area contributed by atoms with Gasteiger partial charge in [-0.1, -0.05) is 55.0 Å². The van der Waals surface area contributed by atoms with Crippen molar-refractivity contribution in [2.45, 2.75) is 31.1 Å². The fraction of sp³-hybridized carbons (Fsp3) is 0.440. The molecule has 2 amide bonds. The van der Waals surface area contributed by atoms with Gasteiger partial charge in [0.15, 0.2) is 0 Å². The Bertz CT molecular complexity index is 878. The molecule has 0 unspecified atom stereocenters. The quantitative estimate of drug-likeness (QED) is 0.760. The molecule has 2 aromatic rings. The van der Waals surface area contributed by atoms with E-state index in [0.717, 1.165) is 19.6 Å². The maximum absolute atomic E-state index is 13.5. The molecule has 2 bridgehead atoms. The van der Waals surface area contributed by atoms with Gasteiger partial charge in [-0.05, 0) is 48.2 Å². The van der Waals surface area contributed by atoms with Crippen LogP contribution in [0.5, 0.6) is 0 Å². The number of hydrogen-bond donors (Lipinski definition) is 0. The maximum Gasteiger partial charge on any atom is 0.234 e. The van der Waals surface area contributed by atoms with Gasteiger partial charge in [-0.2, -0.15) is 0 Å². The molecule has 2 heterocycles. The predicted octanol–water partition coefficient (Wildman–Crippen LogP) is 3.36. The van der Waals surface area contributed by atoms with Gasteiger partial charge in [-0.15, -0.1) is 0 Å². The normalized spacial score (nSPS) is 30.3. The highest BCUT2D eigenvalue weighted by molar-refractivity contribution is 6.07. The first kappa shape index (κ1) is 17.4. The highest BCUT2D eigenvalue weighted by Crippen LogP contribution is 2.60. The molecular weight excluding hydrogens is 360 g/mol. The summed E-state index contributed by atoms with van der Waals surface area (Å²) in [5, 5.41) is 0. The molecule has 148 valence electrons. The van der Waals surface area contributed by atoms with E-state index in [1.54, 1.807) is 4.90 Å². The van der Waals surface area contributed by atoms with Gasteiger partial charge < -0.3 is 4.90 Å². The minimum Gasteiger partial charge on any atom is -0.302 e. The van der Waals surface area contributed by atoms with Crippen LogP contribution in [0.4, 0.5) is 0 Å². The van der Waals surface area contributed by atoms with Crippen molar-refractivity contribution in [3.63, 3.8) is 0 Å². The molecule has 3 aliphatic carbocycles. The van der Waals surface area contributed by atoms with Crippen LogP contribution in [0.15, 0.2) is 48.5 Å². The molecule has 5 aliphatic rings. The van der Waals surface area contributed by atoms with E-state index in [4.69, 9.17) is 0 Å². The van der Waals surface area contributed by atoms with Crippen molar-refractivity contribution in [1.82, 2.24) is 9.80 Å². The number of likely N-dealkylation sites (tertiary alicyclic amines) is 2. The second kappa shape index (κ2) is 6.53. The number of benzene rings is 2. The van der Waals surface area contributed by atoms with Crippen LogP contribution in [0.1, 0.15) is 53.4 Å². The standard InChI is InChI=1S/C25H26N2O2/c28-24-22-20-16-8-2-3-9-17(16)21(19-11-5-4-10-18(19)20)23(22)25(29)27(24)15-14-26-12-6-1-7-13-26/h2-5,8-11,20-23H,1,6-7,12-15H2/t20?,21?,22-,23+. The van der Waals surface area contributed by atoms with E-state index in [-0.39, 0.29) is 35.5 Å². The van der Waals surface area contributed by atoms with Crippen LogP contribution in [0.25, 0.3) is 0 Å². The number of nitrogens with zero attached hydrogens (tertiary/aromatic N) is 2. The Morgan fingerprint density at radius 2 is 1.10 bits per heavy atom. The van der Waals surface area contributed by atoms with E-state index in [9.17, 15) is 9.59 Å². The zero-order valence-electron chi connectivity index (χ0n) is 16.6. The Morgan fingerprint density at radius 3 is 1.55 bits per heavy atom. The molecule has 2 atom stereocenters. The first-order valence-corrected chi connectivity index (χ1v) is 11.0. The SMILES string of the molecule is O=C1[C@@H]2C3c4ccccc4C(c4ccccc43)[C@@H]2C(=O)N1CCN1CCCCC1. The summed E-state index contributed by atoms with van der Waals surface area (Å²) in [6.45, 7) is 3.53. The van der Waals surface area contributed by atoms with Crippen LogP contribution >= 0.6 is 0 Å². The van der Waals surface area contributed by atoms with Crippen molar-refractivity contribution in [3.05, 3.63) is 70.8 Å².